The van der Waals surface area contributed by atoms with Gasteiger partial charge in [0.15, 0.2) is 0 Å². The highest BCUT2D eigenvalue weighted by Crippen LogP contribution is 2.41. The molecule has 0 aromatic heterocycles. The minimum Gasteiger partial charge on any atom is -0.436 e. The Hall–Kier alpha value is 0.180. The first-order chi connectivity index (χ1) is 6.58. The Morgan fingerprint density at radius 2 is 1.14 bits per heavy atom. The molecule has 0 aliphatic heterocycles. The van der Waals surface area contributed by atoms with Crippen LogP contribution in [0.2, 0.25) is 0 Å². The second-order valence-corrected chi connectivity index (χ2v) is 5.11. The van der Waals surface area contributed by atoms with E-state index in [0.29, 0.717) is 11.5 Å². The quantitative estimate of drug-likeness (QED) is 0.827. The van der Waals surface area contributed by atoms with Gasteiger partial charge in [0.25, 0.3) is 0 Å². The van der Waals surface area contributed by atoms with E-state index in [1.165, 1.54) is 0 Å². The molecule has 0 spiro atoms. The fourth-order valence-corrected chi connectivity index (χ4v) is 1.80. The Bertz CT molecular complexity index is 251. The molecule has 14 heavy (non-hydrogen) atoms. The molecule has 2 N–H and O–H groups in total. The van der Waals surface area contributed by atoms with Crippen LogP contribution in [0.5, 0.6) is 11.5 Å². The zero-order valence-electron chi connectivity index (χ0n) is 6.67. The zero-order valence-corrected chi connectivity index (χ0v) is 9.97. The highest BCUT2D eigenvalue weighted by atomic mass is 35.7. The van der Waals surface area contributed by atoms with Crippen molar-refractivity contribution in [2.45, 2.75) is 0 Å². The van der Waals surface area contributed by atoms with Gasteiger partial charge in [-0.3, -0.25) is 0 Å². The Kier molecular flexibility index (Phi) is 5.18. The second kappa shape index (κ2) is 5.92. The van der Waals surface area contributed by atoms with E-state index in [9.17, 15) is 0 Å². The summed E-state index contributed by atoms with van der Waals surface area (Å²) in [5.74, 6) is 0.829. The molecule has 1 rings (SSSR count). The summed E-state index contributed by atoms with van der Waals surface area (Å²) in [6.45, 7) is 0. The Morgan fingerprint density at radius 3 is 1.36 bits per heavy atom. The van der Waals surface area contributed by atoms with Crippen molar-refractivity contribution in [2.75, 3.05) is 0 Å². The molecule has 0 saturated carbocycles. The van der Waals surface area contributed by atoms with E-state index in [1.54, 1.807) is 24.3 Å². The van der Waals surface area contributed by atoms with Gasteiger partial charge in [0.05, 0.1) is 0 Å². The van der Waals surface area contributed by atoms with E-state index in [4.69, 9.17) is 41.3 Å². The Morgan fingerprint density at radius 1 is 0.857 bits per heavy atom. The van der Waals surface area contributed by atoms with E-state index in [0.717, 1.165) is 0 Å². The third-order valence-electron chi connectivity index (χ3n) is 1.19. The lowest BCUT2D eigenvalue weighted by Gasteiger charge is -2.07. The standard InChI is InChI=1S/C6H6Cl2O4P2/c7-13(9)11-5-1-2-6(4-3-5)12-14(8)10/h1-4,9-10H. The average Bonchev–Trinajstić information content (AvgIpc) is 2.06. The minimum absolute atomic E-state index is 0.415. The largest absolute Gasteiger partial charge is 0.436 e. The normalized spacial score (nSPS) is 14.6. The molecular weight excluding hydrogens is 269 g/mol. The predicted molar refractivity (Wildman–Crippen MR) is 57.7 cm³/mol. The molecule has 0 fully saturated rings. The van der Waals surface area contributed by atoms with E-state index in [1.807, 2.05) is 0 Å². The molecule has 0 saturated heterocycles. The Balaban J connectivity index is 2.59. The predicted octanol–water partition coefficient (Wildman–Crippen LogP) is 3.36. The van der Waals surface area contributed by atoms with Crippen molar-refractivity contribution in [1.82, 2.24) is 0 Å². The lowest BCUT2D eigenvalue weighted by molar-refractivity contribution is 0.497. The summed E-state index contributed by atoms with van der Waals surface area (Å²) in [4.78, 5) is 17.5. The molecule has 2 unspecified atom stereocenters. The van der Waals surface area contributed by atoms with Crippen molar-refractivity contribution in [1.29, 1.82) is 0 Å². The summed E-state index contributed by atoms with van der Waals surface area (Å²) in [5, 5.41) is 0. The van der Waals surface area contributed by atoms with Gasteiger partial charge >= 0.3 is 15.5 Å². The first-order valence-corrected chi connectivity index (χ1v) is 7.57. The second-order valence-electron chi connectivity index (χ2n) is 2.11. The van der Waals surface area contributed by atoms with Crippen LogP contribution in [0.3, 0.4) is 0 Å². The van der Waals surface area contributed by atoms with E-state index >= 15 is 0 Å². The highest BCUT2D eigenvalue weighted by molar-refractivity contribution is 7.75. The lowest BCUT2D eigenvalue weighted by atomic mass is 10.3. The summed E-state index contributed by atoms with van der Waals surface area (Å²) in [6.07, 6.45) is 0. The number of rotatable bonds is 4. The van der Waals surface area contributed by atoms with E-state index < -0.39 is 15.5 Å². The maximum absolute atomic E-state index is 8.74. The van der Waals surface area contributed by atoms with E-state index in [-0.39, 0.29) is 0 Å². The Labute approximate surface area is 92.8 Å². The van der Waals surface area contributed by atoms with Crippen molar-refractivity contribution in [3.63, 3.8) is 0 Å². The molecule has 1 aromatic rings. The highest BCUT2D eigenvalue weighted by Gasteiger charge is 2.05. The van der Waals surface area contributed by atoms with Crippen LogP contribution in [0.4, 0.5) is 0 Å². The van der Waals surface area contributed by atoms with Gasteiger partial charge in [0, 0.05) is 0 Å². The number of hydrogen-bond donors (Lipinski definition) is 2. The third kappa shape index (κ3) is 4.61. The molecule has 0 bridgehead atoms. The minimum atomic E-state index is -1.94. The van der Waals surface area contributed by atoms with Gasteiger partial charge in [0.1, 0.15) is 11.5 Å². The molecule has 0 radical (unpaired) electrons. The zero-order chi connectivity index (χ0) is 10.6. The van der Waals surface area contributed by atoms with Gasteiger partial charge in [-0.2, -0.15) is 0 Å². The van der Waals surface area contributed by atoms with Gasteiger partial charge in [-0.25, -0.2) is 0 Å². The first kappa shape index (κ1) is 12.3. The number of halogens is 2. The van der Waals surface area contributed by atoms with Crippen LogP contribution in [0.15, 0.2) is 24.3 Å². The van der Waals surface area contributed by atoms with Crippen LogP contribution < -0.4 is 9.05 Å². The van der Waals surface area contributed by atoms with Crippen LogP contribution in [-0.2, 0) is 0 Å². The summed E-state index contributed by atoms with van der Waals surface area (Å²) in [7, 11) is -3.89. The third-order valence-corrected chi connectivity index (χ3v) is 2.32. The SMILES string of the molecule is OP(Cl)Oc1ccc(OP(O)Cl)cc1. The molecule has 0 aliphatic carbocycles. The molecule has 2 atom stereocenters. The fourth-order valence-electron chi connectivity index (χ4n) is 0.735. The number of hydrogen-bond acceptors (Lipinski definition) is 4. The monoisotopic (exact) mass is 274 g/mol. The van der Waals surface area contributed by atoms with Crippen LogP contribution >= 0.6 is 37.9 Å². The molecule has 1 aromatic carbocycles. The molecular formula is C6H6Cl2O4P2. The van der Waals surface area contributed by atoms with Crippen molar-refractivity contribution < 1.29 is 18.8 Å². The maximum atomic E-state index is 8.74. The topological polar surface area (TPSA) is 58.9 Å². The summed E-state index contributed by atoms with van der Waals surface area (Å²) in [6, 6.07) is 6.16. The van der Waals surface area contributed by atoms with Crippen LogP contribution in [0.1, 0.15) is 0 Å². The van der Waals surface area contributed by atoms with Crippen LogP contribution in [0.25, 0.3) is 0 Å². The van der Waals surface area contributed by atoms with E-state index in [2.05, 4.69) is 0 Å². The van der Waals surface area contributed by atoms with Gasteiger partial charge in [-0.15, -0.1) is 0 Å². The summed E-state index contributed by atoms with van der Waals surface area (Å²) < 4.78 is 9.63. The number of benzene rings is 1. The lowest BCUT2D eigenvalue weighted by Crippen LogP contribution is -1.83. The molecule has 0 amide bonds. The van der Waals surface area contributed by atoms with Gasteiger partial charge in [0.2, 0.25) is 0 Å². The maximum Gasteiger partial charge on any atom is 0.335 e. The van der Waals surface area contributed by atoms with Crippen molar-refractivity contribution in [3.05, 3.63) is 24.3 Å². The summed E-state index contributed by atoms with van der Waals surface area (Å²) in [5.41, 5.74) is 0. The van der Waals surface area contributed by atoms with Crippen LogP contribution in [-0.4, -0.2) is 9.79 Å². The average molecular weight is 275 g/mol. The van der Waals surface area contributed by atoms with Crippen molar-refractivity contribution in [2.24, 2.45) is 0 Å². The van der Waals surface area contributed by atoms with Crippen molar-refractivity contribution in [3.8, 4) is 11.5 Å². The van der Waals surface area contributed by atoms with Crippen molar-refractivity contribution >= 4 is 37.9 Å². The van der Waals surface area contributed by atoms with Gasteiger partial charge in [-0.1, -0.05) is 0 Å². The molecule has 78 valence electrons. The first-order valence-electron chi connectivity index (χ1n) is 3.33. The smallest absolute Gasteiger partial charge is 0.335 e. The fraction of sp³-hybridized carbons (Fsp3) is 0. The molecule has 4 nitrogen and oxygen atoms in total. The molecule has 0 heterocycles. The van der Waals surface area contributed by atoms with Crippen LogP contribution in [0, 0.1) is 0 Å². The van der Waals surface area contributed by atoms with Gasteiger partial charge < -0.3 is 18.8 Å². The van der Waals surface area contributed by atoms with Gasteiger partial charge in [-0.05, 0) is 46.7 Å². The molecule has 8 heteroatoms. The summed E-state index contributed by atoms with van der Waals surface area (Å²) >= 11 is 10.5. The molecule has 0 aliphatic rings.